The predicted octanol–water partition coefficient (Wildman–Crippen LogP) is 3.48. The first-order chi connectivity index (χ1) is 9.69. The minimum atomic E-state index is 0.166. The maximum absolute atomic E-state index is 6.32. The van der Waals surface area contributed by atoms with Crippen molar-refractivity contribution in [3.63, 3.8) is 0 Å². The first-order valence-electron chi connectivity index (χ1n) is 9.00. The number of unbranched alkanes of at least 4 members (excludes halogenated alkanes) is 4. The second-order valence-corrected chi connectivity index (χ2v) is 8.40. The first-order valence-corrected chi connectivity index (χ1v) is 9.00. The van der Waals surface area contributed by atoms with Crippen LogP contribution in [0.5, 0.6) is 0 Å². The zero-order valence-electron chi connectivity index (χ0n) is 15.1. The highest BCUT2D eigenvalue weighted by atomic mass is 15.3. The molecule has 3 N–H and O–H groups in total. The summed E-state index contributed by atoms with van der Waals surface area (Å²) in [5.74, 6) is 0. The van der Waals surface area contributed by atoms with Crippen molar-refractivity contribution in [3.8, 4) is 0 Å². The summed E-state index contributed by atoms with van der Waals surface area (Å²) < 4.78 is 0. The summed E-state index contributed by atoms with van der Waals surface area (Å²) >= 11 is 0. The van der Waals surface area contributed by atoms with Gasteiger partial charge in [0.25, 0.3) is 0 Å². The van der Waals surface area contributed by atoms with Gasteiger partial charge in [0.1, 0.15) is 0 Å². The molecule has 0 radical (unpaired) electrons. The van der Waals surface area contributed by atoms with Crippen molar-refractivity contribution in [1.82, 2.24) is 10.2 Å². The number of hydrogen-bond donors (Lipinski definition) is 2. The van der Waals surface area contributed by atoms with E-state index in [0.717, 1.165) is 6.54 Å². The Kier molecular flexibility index (Phi) is 4.78. The second kappa shape index (κ2) is 5.82. The highest BCUT2D eigenvalue weighted by Crippen LogP contribution is 2.65. The van der Waals surface area contributed by atoms with Gasteiger partial charge >= 0.3 is 0 Å². The fourth-order valence-electron chi connectivity index (χ4n) is 5.07. The largest absolute Gasteiger partial charge is 0.316 e. The Hall–Kier alpha value is -0.120. The molecule has 0 amide bonds. The van der Waals surface area contributed by atoms with Gasteiger partial charge in [-0.2, -0.15) is 0 Å². The van der Waals surface area contributed by atoms with Crippen LogP contribution in [0.2, 0.25) is 0 Å². The van der Waals surface area contributed by atoms with Crippen LogP contribution in [0.15, 0.2) is 0 Å². The molecule has 0 aromatic carbocycles. The van der Waals surface area contributed by atoms with E-state index in [1.165, 1.54) is 38.5 Å². The first kappa shape index (κ1) is 17.2. The molecule has 2 aliphatic rings. The Morgan fingerprint density at radius 2 is 1.76 bits per heavy atom. The molecule has 0 aromatic heterocycles. The molecule has 3 nitrogen and oxygen atoms in total. The Balaban J connectivity index is 1.94. The minimum Gasteiger partial charge on any atom is -0.316 e. The van der Waals surface area contributed by atoms with Crippen LogP contribution in [0.4, 0.5) is 0 Å². The molecule has 2 fully saturated rings. The lowest BCUT2D eigenvalue weighted by atomic mass is 9.39. The predicted molar refractivity (Wildman–Crippen MR) is 91.2 cm³/mol. The Bertz CT molecular complexity index is 354. The van der Waals surface area contributed by atoms with Crippen molar-refractivity contribution in [2.75, 3.05) is 6.54 Å². The van der Waals surface area contributed by atoms with E-state index in [2.05, 4.69) is 51.8 Å². The van der Waals surface area contributed by atoms with Gasteiger partial charge in [0, 0.05) is 22.5 Å². The maximum Gasteiger partial charge on any atom is 0.0545 e. The summed E-state index contributed by atoms with van der Waals surface area (Å²) in [5, 5.41) is 3.78. The quantitative estimate of drug-likeness (QED) is 0.532. The highest BCUT2D eigenvalue weighted by molar-refractivity contribution is 5.33. The maximum atomic E-state index is 6.32. The molecule has 0 aromatic rings. The summed E-state index contributed by atoms with van der Waals surface area (Å²) in [7, 11) is 0. The molecule has 21 heavy (non-hydrogen) atoms. The lowest BCUT2D eigenvalue weighted by Gasteiger charge is -2.80. The molecule has 124 valence electrons. The van der Waals surface area contributed by atoms with Crippen molar-refractivity contribution < 1.29 is 0 Å². The molecule has 3 heteroatoms. The van der Waals surface area contributed by atoms with Crippen LogP contribution < -0.4 is 11.1 Å². The van der Waals surface area contributed by atoms with Crippen molar-refractivity contribution in [1.29, 1.82) is 0 Å². The molecule has 1 aliphatic carbocycles. The van der Waals surface area contributed by atoms with E-state index < -0.39 is 0 Å². The minimum absolute atomic E-state index is 0.166. The van der Waals surface area contributed by atoms with Crippen LogP contribution in [0.3, 0.4) is 0 Å². The average molecular weight is 296 g/mol. The third-order valence-electron chi connectivity index (χ3n) is 6.74. The molecular formula is C18H37N3. The van der Waals surface area contributed by atoms with Crippen LogP contribution in [0, 0.1) is 5.41 Å². The summed E-state index contributed by atoms with van der Waals surface area (Å²) in [6, 6.07) is 0.630. The number of nitrogens with one attached hydrogen (secondary N) is 1. The van der Waals surface area contributed by atoms with Gasteiger partial charge in [-0.3, -0.25) is 4.90 Å². The van der Waals surface area contributed by atoms with E-state index in [4.69, 9.17) is 5.73 Å². The summed E-state index contributed by atoms with van der Waals surface area (Å²) in [6.45, 7) is 15.1. The van der Waals surface area contributed by atoms with Crippen LogP contribution in [-0.4, -0.2) is 34.7 Å². The number of nitrogens with two attached hydrogens (primary N) is 1. The van der Waals surface area contributed by atoms with E-state index in [1.54, 1.807) is 0 Å². The van der Waals surface area contributed by atoms with Crippen molar-refractivity contribution in [2.24, 2.45) is 11.1 Å². The van der Waals surface area contributed by atoms with Crippen molar-refractivity contribution in [3.05, 3.63) is 0 Å². The number of piperidine rings is 1. The molecule has 2 rings (SSSR count). The van der Waals surface area contributed by atoms with Gasteiger partial charge in [-0.1, -0.05) is 39.5 Å². The molecular weight excluding hydrogens is 258 g/mol. The molecule has 1 heterocycles. The Morgan fingerprint density at radius 1 is 1.14 bits per heavy atom. The van der Waals surface area contributed by atoms with Crippen molar-refractivity contribution in [2.45, 2.75) is 103 Å². The zero-order chi connectivity index (χ0) is 15.9. The van der Waals surface area contributed by atoms with Crippen LogP contribution >= 0.6 is 0 Å². The molecule has 1 saturated heterocycles. The summed E-state index contributed by atoms with van der Waals surface area (Å²) in [5.41, 5.74) is 7.20. The SMILES string of the molecule is CCCCCCCN(C(C)N)C1CC2(C)NC(C)(C)C12C. The van der Waals surface area contributed by atoms with Gasteiger partial charge in [0.15, 0.2) is 0 Å². The second-order valence-electron chi connectivity index (χ2n) is 8.40. The van der Waals surface area contributed by atoms with Crippen LogP contribution in [0.1, 0.15) is 80.1 Å². The fraction of sp³-hybridized carbons (Fsp3) is 1.00. The number of fused-ring (bicyclic) bond motifs is 1. The zero-order valence-corrected chi connectivity index (χ0v) is 15.1. The van der Waals surface area contributed by atoms with Gasteiger partial charge in [-0.05, 0) is 47.1 Å². The fourth-order valence-corrected chi connectivity index (χ4v) is 5.07. The highest BCUT2D eigenvalue weighted by Gasteiger charge is 2.75. The van der Waals surface area contributed by atoms with Gasteiger partial charge in [0.2, 0.25) is 0 Å². The average Bonchev–Trinajstić information content (AvgIpc) is 2.39. The van der Waals surface area contributed by atoms with E-state index in [-0.39, 0.29) is 11.7 Å². The van der Waals surface area contributed by atoms with Crippen LogP contribution in [-0.2, 0) is 0 Å². The smallest absolute Gasteiger partial charge is 0.0545 e. The molecule has 4 unspecified atom stereocenters. The van der Waals surface area contributed by atoms with E-state index in [0.29, 0.717) is 17.0 Å². The molecule has 1 saturated carbocycles. The Labute approximate surface area is 132 Å². The van der Waals surface area contributed by atoms with Gasteiger partial charge in [0.05, 0.1) is 6.17 Å². The topological polar surface area (TPSA) is 41.3 Å². The Morgan fingerprint density at radius 3 is 2.24 bits per heavy atom. The van der Waals surface area contributed by atoms with Gasteiger partial charge in [-0.25, -0.2) is 0 Å². The third-order valence-corrected chi connectivity index (χ3v) is 6.74. The lowest BCUT2D eigenvalue weighted by molar-refractivity contribution is -0.244. The van der Waals surface area contributed by atoms with E-state index >= 15 is 0 Å². The van der Waals surface area contributed by atoms with Gasteiger partial charge < -0.3 is 11.1 Å². The summed E-state index contributed by atoms with van der Waals surface area (Å²) in [4.78, 5) is 2.58. The standard InChI is InChI=1S/C18H37N3/c1-7-8-9-10-11-12-21(14(2)19)15-13-17(5)18(15,6)16(3,4)20-17/h14-15,20H,7-13,19H2,1-6H3. The third kappa shape index (κ3) is 2.55. The molecule has 4 atom stereocenters. The molecule has 0 spiro atoms. The van der Waals surface area contributed by atoms with E-state index in [1.807, 2.05) is 0 Å². The van der Waals surface area contributed by atoms with E-state index in [9.17, 15) is 0 Å². The number of hydrogen-bond acceptors (Lipinski definition) is 3. The molecule has 0 bridgehead atoms. The molecule has 1 aliphatic heterocycles. The number of nitrogens with zero attached hydrogens (tertiary/aromatic N) is 1. The van der Waals surface area contributed by atoms with Crippen LogP contribution in [0.25, 0.3) is 0 Å². The summed E-state index contributed by atoms with van der Waals surface area (Å²) in [6.07, 6.45) is 8.10. The lowest BCUT2D eigenvalue weighted by Crippen LogP contribution is -2.94. The normalized spacial score (nSPS) is 38.6. The monoisotopic (exact) mass is 295 g/mol. The number of rotatable bonds is 8. The van der Waals surface area contributed by atoms with Crippen molar-refractivity contribution >= 4 is 0 Å². The van der Waals surface area contributed by atoms with Gasteiger partial charge in [-0.15, -0.1) is 0 Å².